The zero-order valence-corrected chi connectivity index (χ0v) is 7.64. The molecule has 0 amide bonds. The normalized spacial score (nSPS) is 7.33. The average Bonchev–Trinajstić information content (AvgIpc) is 2.64. The molecule has 0 aliphatic carbocycles. The van der Waals surface area contributed by atoms with Gasteiger partial charge in [-0.2, -0.15) is 18.6 Å². The van der Waals surface area contributed by atoms with Gasteiger partial charge in [0.1, 0.15) is 0 Å². The Morgan fingerprint density at radius 1 is 0.750 bits per heavy atom. The SMILES string of the molecule is S.c1ccccc1.c1cn[nH]c1. The molecule has 2 aromatic rings. The molecule has 2 nitrogen and oxygen atoms in total. The first-order valence-corrected chi connectivity index (χ1v) is 3.44. The molecule has 1 aromatic carbocycles. The summed E-state index contributed by atoms with van der Waals surface area (Å²) in [5.74, 6) is 0. The molecule has 0 bridgehead atoms. The Morgan fingerprint density at radius 3 is 1.42 bits per heavy atom. The summed E-state index contributed by atoms with van der Waals surface area (Å²) in [5.41, 5.74) is 0. The molecule has 0 fully saturated rings. The minimum Gasteiger partial charge on any atom is -0.286 e. The van der Waals surface area contributed by atoms with Crippen LogP contribution in [-0.2, 0) is 0 Å². The molecule has 0 spiro atoms. The molecule has 12 heavy (non-hydrogen) atoms. The van der Waals surface area contributed by atoms with Gasteiger partial charge in [-0.25, -0.2) is 0 Å². The van der Waals surface area contributed by atoms with Gasteiger partial charge in [-0.05, 0) is 6.07 Å². The Labute approximate surface area is 79.1 Å². The molecule has 0 aliphatic heterocycles. The third kappa shape index (κ3) is 5.56. The van der Waals surface area contributed by atoms with Crippen LogP contribution in [0.1, 0.15) is 0 Å². The molecular weight excluding hydrogens is 168 g/mol. The molecule has 0 saturated heterocycles. The summed E-state index contributed by atoms with van der Waals surface area (Å²) in [5, 5.41) is 6.21. The monoisotopic (exact) mass is 180 g/mol. The summed E-state index contributed by atoms with van der Waals surface area (Å²) in [7, 11) is 0. The third-order valence-electron chi connectivity index (χ3n) is 1.07. The van der Waals surface area contributed by atoms with Gasteiger partial charge in [-0.15, -0.1) is 0 Å². The third-order valence-corrected chi connectivity index (χ3v) is 1.07. The summed E-state index contributed by atoms with van der Waals surface area (Å²) >= 11 is 0. The van der Waals surface area contributed by atoms with Gasteiger partial charge in [0.2, 0.25) is 0 Å². The van der Waals surface area contributed by atoms with Crippen LogP contribution < -0.4 is 0 Å². The molecule has 64 valence electrons. The molecule has 0 radical (unpaired) electrons. The van der Waals surface area contributed by atoms with Crippen molar-refractivity contribution in [1.82, 2.24) is 10.2 Å². The maximum absolute atomic E-state index is 3.60. The molecule has 2 rings (SSSR count). The standard InChI is InChI=1S/C6H6.C3H4N2.H2S/c1-2-4-6-5-3-1;1-2-4-5-3-1;/h1-6H;1-3H,(H,4,5);1H2. The lowest BCUT2D eigenvalue weighted by Gasteiger charge is -1.69. The summed E-state index contributed by atoms with van der Waals surface area (Å²) in [6.07, 6.45) is 3.46. The summed E-state index contributed by atoms with van der Waals surface area (Å²) in [6.45, 7) is 0. The maximum atomic E-state index is 3.60. The second-order valence-corrected chi connectivity index (χ2v) is 1.92. The van der Waals surface area contributed by atoms with E-state index in [1.807, 2.05) is 42.5 Å². The number of aromatic amines is 1. The Balaban J connectivity index is 0.000000189. The van der Waals surface area contributed by atoms with E-state index in [0.29, 0.717) is 0 Å². The predicted octanol–water partition coefficient (Wildman–Crippen LogP) is 2.21. The van der Waals surface area contributed by atoms with Gasteiger partial charge in [-0.3, -0.25) is 5.10 Å². The van der Waals surface area contributed by atoms with Crippen LogP contribution >= 0.6 is 13.5 Å². The zero-order chi connectivity index (χ0) is 7.78. The van der Waals surface area contributed by atoms with Crippen molar-refractivity contribution in [1.29, 1.82) is 0 Å². The van der Waals surface area contributed by atoms with Gasteiger partial charge in [0, 0.05) is 12.4 Å². The lowest BCUT2D eigenvalue weighted by atomic mass is 10.4. The lowest BCUT2D eigenvalue weighted by molar-refractivity contribution is 1.09. The minimum atomic E-state index is 0. The van der Waals surface area contributed by atoms with E-state index < -0.39 is 0 Å². The summed E-state index contributed by atoms with van der Waals surface area (Å²) in [4.78, 5) is 0. The summed E-state index contributed by atoms with van der Waals surface area (Å²) in [6, 6.07) is 13.8. The highest BCUT2D eigenvalue weighted by atomic mass is 32.1. The van der Waals surface area contributed by atoms with Crippen molar-refractivity contribution in [3.05, 3.63) is 54.9 Å². The van der Waals surface area contributed by atoms with Crippen molar-refractivity contribution in [2.75, 3.05) is 0 Å². The number of hydrogen-bond donors (Lipinski definition) is 1. The molecule has 0 atom stereocenters. The van der Waals surface area contributed by atoms with Crippen molar-refractivity contribution in [3.63, 3.8) is 0 Å². The van der Waals surface area contributed by atoms with Gasteiger partial charge in [0.05, 0.1) is 0 Å². The van der Waals surface area contributed by atoms with Crippen LogP contribution in [0.4, 0.5) is 0 Å². The second-order valence-electron chi connectivity index (χ2n) is 1.92. The summed E-state index contributed by atoms with van der Waals surface area (Å²) < 4.78 is 0. The van der Waals surface area contributed by atoms with Crippen LogP contribution in [0.5, 0.6) is 0 Å². The number of nitrogens with zero attached hydrogens (tertiary/aromatic N) is 1. The van der Waals surface area contributed by atoms with E-state index in [1.165, 1.54) is 0 Å². The van der Waals surface area contributed by atoms with Crippen molar-refractivity contribution in [3.8, 4) is 0 Å². The molecule has 1 heterocycles. The van der Waals surface area contributed by atoms with Crippen LogP contribution in [0.15, 0.2) is 54.9 Å². The van der Waals surface area contributed by atoms with Crippen molar-refractivity contribution in [2.45, 2.75) is 0 Å². The fraction of sp³-hybridized carbons (Fsp3) is 0. The van der Waals surface area contributed by atoms with Crippen molar-refractivity contribution in [2.24, 2.45) is 0 Å². The Morgan fingerprint density at radius 2 is 1.25 bits per heavy atom. The highest BCUT2D eigenvalue weighted by Crippen LogP contribution is 1.79. The van der Waals surface area contributed by atoms with Crippen LogP contribution in [0, 0.1) is 0 Å². The number of aromatic nitrogens is 2. The van der Waals surface area contributed by atoms with E-state index in [9.17, 15) is 0 Å². The molecular formula is C9H12N2S. The Kier molecular flexibility index (Phi) is 7.08. The fourth-order valence-corrected chi connectivity index (χ4v) is 0.600. The first-order valence-electron chi connectivity index (χ1n) is 3.44. The smallest absolute Gasteiger partial charge is 0.0487 e. The van der Waals surface area contributed by atoms with Gasteiger partial charge in [0.15, 0.2) is 0 Å². The zero-order valence-electron chi connectivity index (χ0n) is 6.64. The number of H-pyrrole nitrogens is 1. The van der Waals surface area contributed by atoms with Crippen molar-refractivity contribution >= 4 is 13.5 Å². The minimum absolute atomic E-state index is 0. The molecule has 1 aromatic heterocycles. The van der Waals surface area contributed by atoms with Crippen LogP contribution in [0.25, 0.3) is 0 Å². The first-order chi connectivity index (χ1) is 5.50. The molecule has 0 unspecified atom stereocenters. The van der Waals surface area contributed by atoms with Crippen LogP contribution in [0.3, 0.4) is 0 Å². The topological polar surface area (TPSA) is 28.7 Å². The van der Waals surface area contributed by atoms with Gasteiger partial charge < -0.3 is 0 Å². The molecule has 0 saturated carbocycles. The van der Waals surface area contributed by atoms with E-state index in [1.54, 1.807) is 12.4 Å². The van der Waals surface area contributed by atoms with Crippen molar-refractivity contribution < 1.29 is 0 Å². The highest BCUT2D eigenvalue weighted by Gasteiger charge is 1.58. The lowest BCUT2D eigenvalue weighted by Crippen LogP contribution is -1.53. The molecule has 3 heteroatoms. The predicted molar refractivity (Wildman–Crippen MR) is 55.4 cm³/mol. The fourth-order valence-electron chi connectivity index (χ4n) is 0.600. The number of benzene rings is 1. The van der Waals surface area contributed by atoms with Crippen LogP contribution in [-0.4, -0.2) is 10.2 Å². The maximum Gasteiger partial charge on any atom is 0.0487 e. The largest absolute Gasteiger partial charge is 0.286 e. The Hall–Kier alpha value is -1.22. The van der Waals surface area contributed by atoms with Gasteiger partial charge >= 0.3 is 0 Å². The first kappa shape index (κ1) is 10.8. The molecule has 1 N–H and O–H groups in total. The van der Waals surface area contributed by atoms with E-state index in [-0.39, 0.29) is 13.5 Å². The van der Waals surface area contributed by atoms with E-state index >= 15 is 0 Å². The van der Waals surface area contributed by atoms with Gasteiger partial charge in [-0.1, -0.05) is 36.4 Å². The highest BCUT2D eigenvalue weighted by molar-refractivity contribution is 7.59. The van der Waals surface area contributed by atoms with E-state index in [4.69, 9.17) is 0 Å². The molecule has 0 aliphatic rings. The average molecular weight is 180 g/mol. The van der Waals surface area contributed by atoms with Gasteiger partial charge in [0.25, 0.3) is 0 Å². The number of nitrogens with one attached hydrogen (secondary N) is 1. The van der Waals surface area contributed by atoms with Crippen LogP contribution in [0.2, 0.25) is 0 Å². The Bertz CT molecular complexity index is 198. The number of hydrogen-bond acceptors (Lipinski definition) is 1. The quantitative estimate of drug-likeness (QED) is 0.661. The van der Waals surface area contributed by atoms with E-state index in [2.05, 4.69) is 10.2 Å². The van der Waals surface area contributed by atoms with E-state index in [0.717, 1.165) is 0 Å². The number of rotatable bonds is 0. The second kappa shape index (κ2) is 7.88.